The Balaban J connectivity index is 0.000000152. The maximum absolute atomic E-state index is 2.44. The third kappa shape index (κ3) is 13.4. The fourth-order valence-electron chi connectivity index (χ4n) is 20.0. The smallest absolute Gasteiger partial charge is 0.0568 e. The molecule has 0 radical (unpaired) electrons. The van der Waals surface area contributed by atoms with E-state index in [9.17, 15) is 0 Å². The minimum Gasteiger partial charge on any atom is -0.343 e. The van der Waals surface area contributed by atoms with Crippen molar-refractivity contribution < 1.29 is 0 Å². The lowest BCUT2D eigenvalue weighted by Crippen LogP contribution is -2.16. The second-order valence-corrected chi connectivity index (χ2v) is 34.0. The summed E-state index contributed by atoms with van der Waals surface area (Å²) in [5.74, 6) is 0. The predicted molar refractivity (Wildman–Crippen MR) is 525 cm³/mol. The molecule has 592 valence electrons. The van der Waals surface area contributed by atoms with Crippen molar-refractivity contribution in [3.05, 3.63) is 471 Å². The van der Waals surface area contributed by atoms with Crippen LogP contribution in [0.25, 0.3) is 156 Å². The normalized spacial score (nSPS) is 12.6. The second-order valence-electron chi connectivity index (χ2n) is 34.0. The number of benzene rings is 18. The molecule has 2 aliphatic carbocycles. The lowest BCUT2D eigenvalue weighted by Gasteiger charge is -2.28. The number of anilines is 6. The molecule has 4 heteroatoms. The molecule has 0 unspecified atom stereocenters. The molecule has 0 atom stereocenters. The van der Waals surface area contributed by atoms with Crippen molar-refractivity contribution in [1.29, 1.82) is 0 Å². The fraction of sp³-hybridized carbons (Fsp3) is 0.0667. The van der Waals surface area contributed by atoms with Crippen molar-refractivity contribution in [2.24, 2.45) is 14.1 Å². The summed E-state index contributed by atoms with van der Waals surface area (Å²) in [5.41, 5.74) is 41.1. The van der Waals surface area contributed by atoms with Gasteiger partial charge in [0, 0.05) is 81.3 Å². The molecule has 0 aliphatic heterocycles. The largest absolute Gasteiger partial charge is 0.343 e. The minimum absolute atomic E-state index is 0.118. The van der Waals surface area contributed by atoms with Gasteiger partial charge >= 0.3 is 0 Å². The zero-order valence-corrected chi connectivity index (χ0v) is 70.5. The zero-order valence-electron chi connectivity index (χ0n) is 70.5. The minimum atomic E-state index is -0.164. The maximum Gasteiger partial charge on any atom is 0.0568 e. The number of hydrogen-bond acceptors (Lipinski definition) is 2. The first-order valence-corrected chi connectivity index (χ1v) is 43.1. The van der Waals surface area contributed by atoms with E-state index < -0.39 is 0 Å². The molecular formula is C120H92N4. The Labute approximate surface area is 727 Å². The molecule has 4 nitrogen and oxygen atoms in total. The van der Waals surface area contributed by atoms with Crippen molar-refractivity contribution in [1.82, 2.24) is 9.13 Å². The van der Waals surface area contributed by atoms with Crippen LogP contribution in [0.15, 0.2) is 449 Å². The van der Waals surface area contributed by atoms with Crippen molar-refractivity contribution >= 4 is 55.7 Å². The quantitative estimate of drug-likeness (QED) is 0.0959. The van der Waals surface area contributed by atoms with E-state index in [1.807, 2.05) is 0 Å². The first-order chi connectivity index (χ1) is 60.9. The van der Waals surface area contributed by atoms with Gasteiger partial charge in [-0.25, -0.2) is 0 Å². The van der Waals surface area contributed by atoms with Gasteiger partial charge < -0.3 is 18.9 Å². The van der Waals surface area contributed by atoms with Gasteiger partial charge in [0.1, 0.15) is 0 Å². The van der Waals surface area contributed by atoms with E-state index in [1.165, 1.54) is 172 Å². The van der Waals surface area contributed by atoms with E-state index in [-0.39, 0.29) is 10.8 Å². The third-order valence-electron chi connectivity index (χ3n) is 26.0. The molecule has 0 bridgehead atoms. The highest BCUT2D eigenvalue weighted by Crippen LogP contribution is 2.57. The van der Waals surface area contributed by atoms with Crippen LogP contribution >= 0.6 is 0 Å². The number of fused-ring (bicyclic) bond motifs is 9. The van der Waals surface area contributed by atoms with Gasteiger partial charge in [-0.15, -0.1) is 0 Å². The maximum atomic E-state index is 2.44. The molecule has 20 aromatic rings. The Morgan fingerprint density at radius 1 is 0.177 bits per heavy atom. The molecule has 0 spiro atoms. The molecule has 2 aliphatic rings. The zero-order chi connectivity index (χ0) is 83.6. The number of rotatable bonds is 16. The van der Waals surface area contributed by atoms with Crippen LogP contribution in [0, 0.1) is 0 Å². The molecule has 0 fully saturated rings. The standard InChI is InChI=1S/2C60H46N2/c1-60(2)53-39-32-43-20-16-17-27-51(43)57(53)52-38-37-50(40-54(52)60)62(48-33-28-42(29-34-48)41-18-8-4-9-19-41)49-35-30-45(31-36-49)56-55(44-21-10-5-11-22-44)58(46-23-12-6-13-24-46)61(3)59(56)47-25-14-7-15-26-47;1-60(2)54-26-16-15-25-52(54)53-38-37-51(40-55(53)60)62(49-33-29-43(30-34-49)41-17-7-4-8-18-41)50-35-31-46(32-36-50)59-57(48-28-27-42-19-13-14-24-47(42)39-48)56(44-20-9-5-10-21-44)58(61(59)3)45-22-11-6-12-23-45/h2*4-40H,1-3H3. The monoisotopic (exact) mass is 1590 g/mol. The molecule has 0 N–H and O–H groups in total. The first kappa shape index (κ1) is 76.1. The van der Waals surface area contributed by atoms with Gasteiger partial charge in [-0.3, -0.25) is 0 Å². The van der Waals surface area contributed by atoms with E-state index >= 15 is 0 Å². The Hall–Kier alpha value is -15.4. The summed E-state index contributed by atoms with van der Waals surface area (Å²) >= 11 is 0. The average molecular weight is 1590 g/mol. The van der Waals surface area contributed by atoms with Crippen LogP contribution in [0.2, 0.25) is 0 Å². The van der Waals surface area contributed by atoms with E-state index in [0.29, 0.717) is 0 Å². The molecule has 22 rings (SSSR count). The number of nitrogens with zero attached hydrogens (tertiary/aromatic N) is 4. The van der Waals surface area contributed by atoms with Crippen molar-refractivity contribution in [2.45, 2.75) is 38.5 Å². The van der Waals surface area contributed by atoms with E-state index in [4.69, 9.17) is 0 Å². The number of aromatic nitrogens is 2. The highest BCUT2D eigenvalue weighted by Gasteiger charge is 2.39. The predicted octanol–water partition coefficient (Wildman–Crippen LogP) is 32.6. The van der Waals surface area contributed by atoms with Crippen molar-refractivity contribution in [2.75, 3.05) is 9.80 Å². The summed E-state index contributed by atoms with van der Waals surface area (Å²) in [6, 6.07) is 164. The molecular weight excluding hydrogens is 1500 g/mol. The average Bonchev–Trinajstić information content (AvgIpc) is 1.54. The lowest BCUT2D eigenvalue weighted by molar-refractivity contribution is 0.660. The topological polar surface area (TPSA) is 16.3 Å². The fourth-order valence-corrected chi connectivity index (χ4v) is 20.0. The summed E-state index contributed by atoms with van der Waals surface area (Å²) in [5, 5.41) is 5.05. The van der Waals surface area contributed by atoms with Crippen molar-refractivity contribution in [3.8, 4) is 134 Å². The molecule has 0 amide bonds. The van der Waals surface area contributed by atoms with Gasteiger partial charge in [0.05, 0.1) is 22.8 Å². The van der Waals surface area contributed by atoms with Crippen LogP contribution in [0.1, 0.15) is 49.9 Å². The molecule has 0 saturated carbocycles. The van der Waals surface area contributed by atoms with Gasteiger partial charge in [0.15, 0.2) is 0 Å². The summed E-state index contributed by atoms with van der Waals surface area (Å²) < 4.78 is 4.81. The Morgan fingerprint density at radius 3 is 0.911 bits per heavy atom. The van der Waals surface area contributed by atoms with Crippen LogP contribution in [0.4, 0.5) is 34.1 Å². The molecule has 2 heterocycles. The van der Waals surface area contributed by atoms with Crippen LogP contribution < -0.4 is 9.80 Å². The van der Waals surface area contributed by atoms with Crippen LogP contribution in [0.5, 0.6) is 0 Å². The summed E-state index contributed by atoms with van der Waals surface area (Å²) in [6.07, 6.45) is 0. The number of hydrogen-bond donors (Lipinski definition) is 0. The SMILES string of the molecule is Cn1c(-c2ccccc2)c(-c2ccccc2)c(-c2ccc(N(c3ccc(-c4ccccc4)cc3)c3ccc4c(c3)C(C)(C)c3ccc5ccccc5c3-4)cc2)c1-c1ccccc1.Cn1c(-c2ccccc2)c(-c2ccccc2)c(-c2ccc3ccccc3c2)c1-c1ccc(N(c2ccc(-c3ccccc3)cc2)c2ccc3c(c2)C(C)(C)c2ccccc2-3)cc1. The van der Waals surface area contributed by atoms with Gasteiger partial charge in [0.25, 0.3) is 0 Å². The second kappa shape index (κ2) is 31.7. The lowest BCUT2D eigenvalue weighted by atomic mass is 9.82. The van der Waals surface area contributed by atoms with Crippen LogP contribution in [0.3, 0.4) is 0 Å². The van der Waals surface area contributed by atoms with Gasteiger partial charge in [-0.2, -0.15) is 0 Å². The summed E-state index contributed by atoms with van der Waals surface area (Å²) in [4.78, 5) is 4.84. The molecule has 0 saturated heterocycles. The van der Waals surface area contributed by atoms with E-state index in [0.717, 1.165) is 39.7 Å². The van der Waals surface area contributed by atoms with Crippen LogP contribution in [-0.4, -0.2) is 9.13 Å². The van der Waals surface area contributed by atoms with E-state index in [1.54, 1.807) is 0 Å². The summed E-state index contributed by atoms with van der Waals surface area (Å²) in [7, 11) is 4.44. The molecule has 2 aromatic heterocycles. The highest BCUT2D eigenvalue weighted by atomic mass is 15.1. The Bertz CT molecular complexity index is 7340. The van der Waals surface area contributed by atoms with Gasteiger partial charge in [0.2, 0.25) is 0 Å². The first-order valence-electron chi connectivity index (χ1n) is 43.1. The summed E-state index contributed by atoms with van der Waals surface area (Å²) in [6.45, 7) is 9.47. The van der Waals surface area contributed by atoms with Gasteiger partial charge in [-0.1, -0.05) is 398 Å². The van der Waals surface area contributed by atoms with Crippen LogP contribution in [-0.2, 0) is 24.9 Å². The Morgan fingerprint density at radius 2 is 0.460 bits per heavy atom. The highest BCUT2D eigenvalue weighted by molar-refractivity contribution is 6.07. The Kier molecular flexibility index (Phi) is 19.4. The van der Waals surface area contributed by atoms with Crippen molar-refractivity contribution in [3.63, 3.8) is 0 Å². The molecule has 124 heavy (non-hydrogen) atoms. The van der Waals surface area contributed by atoms with Gasteiger partial charge in [-0.05, 0) is 212 Å². The molecule has 18 aromatic carbocycles. The third-order valence-corrected chi connectivity index (χ3v) is 26.0. The van der Waals surface area contributed by atoms with E-state index in [2.05, 4.69) is 510 Å².